The minimum atomic E-state index is 0.353. The molecule has 0 amide bonds. The van der Waals surface area contributed by atoms with Crippen LogP contribution in [0.5, 0.6) is 5.75 Å². The van der Waals surface area contributed by atoms with Gasteiger partial charge in [0.05, 0.1) is 5.52 Å². The van der Waals surface area contributed by atoms with Crippen molar-refractivity contribution >= 4 is 21.8 Å². The molecule has 0 saturated heterocycles. The van der Waals surface area contributed by atoms with Gasteiger partial charge in [-0.1, -0.05) is 23.8 Å². The van der Waals surface area contributed by atoms with Crippen LogP contribution in [0.15, 0.2) is 30.3 Å². The lowest BCUT2D eigenvalue weighted by Crippen LogP contribution is -1.75. The molecule has 1 aromatic heterocycles. The largest absolute Gasteiger partial charge is 0.505 e. The minimum Gasteiger partial charge on any atom is -0.505 e. The minimum absolute atomic E-state index is 0.353. The van der Waals surface area contributed by atoms with E-state index in [0.29, 0.717) is 5.75 Å². The van der Waals surface area contributed by atoms with Gasteiger partial charge in [-0.15, -0.1) is 0 Å². The molecule has 16 heavy (non-hydrogen) atoms. The Bertz CT molecular complexity index is 695. The van der Waals surface area contributed by atoms with Crippen LogP contribution in [0, 0.1) is 13.8 Å². The highest BCUT2D eigenvalue weighted by molar-refractivity contribution is 6.09. The Morgan fingerprint density at radius 2 is 1.81 bits per heavy atom. The number of hydrogen-bond donors (Lipinski definition) is 2. The third kappa shape index (κ3) is 1.13. The van der Waals surface area contributed by atoms with E-state index < -0.39 is 0 Å². The predicted octanol–water partition coefficient (Wildman–Crippen LogP) is 3.64. The lowest BCUT2D eigenvalue weighted by atomic mass is 10.1. The van der Waals surface area contributed by atoms with Crippen LogP contribution in [0.2, 0.25) is 0 Å². The fraction of sp³-hybridized carbons (Fsp3) is 0.143. The molecular weight excluding hydrogens is 198 g/mol. The number of hydrogen-bond acceptors (Lipinski definition) is 1. The van der Waals surface area contributed by atoms with Crippen LogP contribution in [-0.4, -0.2) is 10.1 Å². The average molecular weight is 211 g/mol. The van der Waals surface area contributed by atoms with Crippen molar-refractivity contribution < 1.29 is 5.11 Å². The van der Waals surface area contributed by atoms with Gasteiger partial charge < -0.3 is 10.1 Å². The van der Waals surface area contributed by atoms with Crippen molar-refractivity contribution in [2.45, 2.75) is 13.8 Å². The number of aromatic nitrogens is 1. The molecule has 0 aliphatic heterocycles. The van der Waals surface area contributed by atoms with Gasteiger partial charge in [-0.3, -0.25) is 0 Å². The van der Waals surface area contributed by atoms with E-state index in [4.69, 9.17) is 0 Å². The molecule has 3 aromatic rings. The molecule has 0 fully saturated rings. The number of benzene rings is 2. The zero-order chi connectivity index (χ0) is 11.3. The van der Waals surface area contributed by atoms with Gasteiger partial charge in [-0.2, -0.15) is 0 Å². The maximum absolute atomic E-state index is 10.00. The van der Waals surface area contributed by atoms with E-state index in [2.05, 4.69) is 36.2 Å². The summed E-state index contributed by atoms with van der Waals surface area (Å²) in [6.07, 6.45) is 0. The number of phenols is 1. The van der Waals surface area contributed by atoms with Crippen LogP contribution in [0.4, 0.5) is 0 Å². The van der Waals surface area contributed by atoms with Gasteiger partial charge in [-0.25, -0.2) is 0 Å². The van der Waals surface area contributed by atoms with E-state index in [1.165, 1.54) is 10.9 Å². The molecule has 0 unspecified atom stereocenters. The number of H-pyrrole nitrogens is 1. The van der Waals surface area contributed by atoms with Crippen LogP contribution in [0.1, 0.15) is 11.1 Å². The first-order valence-corrected chi connectivity index (χ1v) is 5.37. The topological polar surface area (TPSA) is 36.0 Å². The molecule has 0 atom stereocenters. The van der Waals surface area contributed by atoms with Gasteiger partial charge in [0.15, 0.2) is 0 Å². The lowest BCUT2D eigenvalue weighted by molar-refractivity contribution is 0.476. The molecule has 0 bridgehead atoms. The molecule has 3 rings (SSSR count). The average Bonchev–Trinajstić information content (AvgIpc) is 2.62. The zero-order valence-electron chi connectivity index (χ0n) is 9.33. The summed E-state index contributed by atoms with van der Waals surface area (Å²) >= 11 is 0. The second kappa shape index (κ2) is 3.01. The second-order valence-electron chi connectivity index (χ2n) is 4.33. The maximum atomic E-state index is 10.00. The molecule has 0 radical (unpaired) electrons. The summed E-state index contributed by atoms with van der Waals surface area (Å²) < 4.78 is 0. The Morgan fingerprint density at radius 3 is 2.62 bits per heavy atom. The highest BCUT2D eigenvalue weighted by Crippen LogP contribution is 2.33. The second-order valence-corrected chi connectivity index (χ2v) is 4.33. The Morgan fingerprint density at radius 1 is 1.00 bits per heavy atom. The fourth-order valence-electron chi connectivity index (χ4n) is 2.17. The van der Waals surface area contributed by atoms with E-state index in [1.807, 2.05) is 13.0 Å². The van der Waals surface area contributed by atoms with Gasteiger partial charge in [-0.05, 0) is 31.5 Å². The van der Waals surface area contributed by atoms with Crippen molar-refractivity contribution in [3.05, 3.63) is 41.5 Å². The summed E-state index contributed by atoms with van der Waals surface area (Å²) in [5, 5.41) is 12.3. The Hall–Kier alpha value is -1.96. The molecule has 80 valence electrons. The Balaban J connectivity index is 2.56. The Labute approximate surface area is 93.5 Å². The number of phenolic OH excluding ortho intramolecular Hbond substituents is 1. The van der Waals surface area contributed by atoms with Crippen molar-refractivity contribution in [2.24, 2.45) is 0 Å². The molecule has 2 aromatic carbocycles. The fourth-order valence-corrected chi connectivity index (χ4v) is 2.17. The Kier molecular flexibility index (Phi) is 1.75. The van der Waals surface area contributed by atoms with Gasteiger partial charge in [0.1, 0.15) is 5.75 Å². The molecule has 0 saturated carbocycles. The SMILES string of the molecule is Cc1ccc2[nH]c3c(O)c(C)ccc3c2c1. The van der Waals surface area contributed by atoms with Crippen LogP contribution in [0.3, 0.4) is 0 Å². The van der Waals surface area contributed by atoms with Gasteiger partial charge in [0.25, 0.3) is 0 Å². The molecule has 1 heterocycles. The van der Waals surface area contributed by atoms with Crippen LogP contribution >= 0.6 is 0 Å². The lowest BCUT2D eigenvalue weighted by Gasteiger charge is -1.99. The quantitative estimate of drug-likeness (QED) is 0.585. The summed E-state index contributed by atoms with van der Waals surface area (Å²) in [7, 11) is 0. The number of fused-ring (bicyclic) bond motifs is 3. The van der Waals surface area contributed by atoms with E-state index in [1.54, 1.807) is 0 Å². The maximum Gasteiger partial charge on any atom is 0.142 e. The highest BCUT2D eigenvalue weighted by Gasteiger charge is 2.09. The summed E-state index contributed by atoms with van der Waals surface area (Å²) in [5.74, 6) is 0.353. The van der Waals surface area contributed by atoms with Crippen molar-refractivity contribution in [3.63, 3.8) is 0 Å². The first-order valence-electron chi connectivity index (χ1n) is 5.37. The van der Waals surface area contributed by atoms with E-state index in [9.17, 15) is 5.11 Å². The molecule has 2 nitrogen and oxygen atoms in total. The molecule has 0 aliphatic rings. The van der Waals surface area contributed by atoms with Crippen molar-refractivity contribution in [1.82, 2.24) is 4.98 Å². The molecule has 2 N–H and O–H groups in total. The normalized spacial score (nSPS) is 11.4. The smallest absolute Gasteiger partial charge is 0.142 e. The third-order valence-corrected chi connectivity index (χ3v) is 3.10. The standard InChI is InChI=1S/C14H13NO/c1-8-3-6-12-11(7-8)10-5-4-9(2)14(16)13(10)15-12/h3-7,15-16H,1-2H3. The summed E-state index contributed by atoms with van der Waals surface area (Å²) in [6.45, 7) is 3.98. The molecule has 0 aliphatic carbocycles. The van der Waals surface area contributed by atoms with Gasteiger partial charge in [0.2, 0.25) is 0 Å². The predicted molar refractivity (Wildman–Crippen MR) is 66.9 cm³/mol. The first-order chi connectivity index (χ1) is 7.66. The number of rotatable bonds is 0. The molecule has 2 heteroatoms. The highest BCUT2D eigenvalue weighted by atomic mass is 16.3. The van der Waals surface area contributed by atoms with E-state index in [0.717, 1.165) is 22.0 Å². The first kappa shape index (κ1) is 9.28. The monoisotopic (exact) mass is 211 g/mol. The van der Waals surface area contributed by atoms with Crippen LogP contribution < -0.4 is 0 Å². The van der Waals surface area contributed by atoms with Crippen molar-refractivity contribution in [2.75, 3.05) is 0 Å². The molecular formula is C14H13NO. The van der Waals surface area contributed by atoms with Crippen LogP contribution in [0.25, 0.3) is 21.8 Å². The van der Waals surface area contributed by atoms with Crippen LogP contribution in [-0.2, 0) is 0 Å². The van der Waals surface area contributed by atoms with Crippen molar-refractivity contribution in [3.8, 4) is 5.75 Å². The van der Waals surface area contributed by atoms with Gasteiger partial charge >= 0.3 is 0 Å². The number of aromatic hydroxyl groups is 1. The third-order valence-electron chi connectivity index (χ3n) is 3.10. The number of aromatic amines is 1. The summed E-state index contributed by atoms with van der Waals surface area (Å²) in [6, 6.07) is 10.3. The van der Waals surface area contributed by atoms with Crippen molar-refractivity contribution in [1.29, 1.82) is 0 Å². The zero-order valence-corrected chi connectivity index (χ0v) is 9.33. The molecule has 0 spiro atoms. The summed E-state index contributed by atoms with van der Waals surface area (Å²) in [5.41, 5.74) is 4.03. The summed E-state index contributed by atoms with van der Waals surface area (Å²) in [4.78, 5) is 3.26. The number of aryl methyl sites for hydroxylation is 2. The van der Waals surface area contributed by atoms with E-state index >= 15 is 0 Å². The van der Waals surface area contributed by atoms with E-state index in [-0.39, 0.29) is 0 Å². The number of nitrogens with one attached hydrogen (secondary N) is 1. The van der Waals surface area contributed by atoms with Gasteiger partial charge in [0, 0.05) is 16.3 Å².